The molecule has 6 heterocycles. The number of aromatic amines is 1. The molecule has 3 aliphatic heterocycles. The summed E-state index contributed by atoms with van der Waals surface area (Å²) in [5, 5.41) is 17.1. The Bertz CT molecular complexity index is 2950. The number of carbonyl (C=O) groups is 1. The highest BCUT2D eigenvalue weighted by Crippen LogP contribution is 2.43. The Kier molecular flexibility index (Phi) is 12.6. The monoisotopic (exact) mass is 954 g/mol. The number of H-pyrrole nitrogens is 1. The molecule has 6 aromatic rings. The van der Waals surface area contributed by atoms with Crippen molar-refractivity contribution >= 4 is 84.6 Å². The molecule has 10 rings (SSSR count). The number of hydrogen-bond acceptors (Lipinski definition) is 12. The van der Waals surface area contributed by atoms with Gasteiger partial charge in [-0.1, -0.05) is 43.2 Å². The number of ether oxygens (including phenoxy) is 1. The quantitative estimate of drug-likeness (QED) is 0.0981. The van der Waals surface area contributed by atoms with E-state index >= 15 is 0 Å². The molecular weight excluding hydrogens is 904 g/mol. The number of nitro groups is 1. The third-order valence-corrected chi connectivity index (χ3v) is 15.1. The molecule has 0 unspecified atom stereocenters. The molecule has 346 valence electrons. The third kappa shape index (κ3) is 9.12. The molecule has 3 aromatic heterocycles. The van der Waals surface area contributed by atoms with Crippen LogP contribution in [-0.4, -0.2) is 127 Å². The number of fused-ring (bicyclic) bond motifs is 2. The van der Waals surface area contributed by atoms with Gasteiger partial charge in [0, 0.05) is 99.5 Å². The second-order valence-corrected chi connectivity index (χ2v) is 20.4. The third-order valence-electron chi connectivity index (χ3n) is 13.5. The Morgan fingerprint density at radius 2 is 1.71 bits per heavy atom. The molecule has 3 saturated heterocycles. The highest BCUT2D eigenvalue weighted by molar-refractivity contribution is 7.90. The van der Waals surface area contributed by atoms with Gasteiger partial charge in [-0.15, -0.1) is 12.4 Å². The largest absolute Gasteiger partial charge is 0.379 e. The van der Waals surface area contributed by atoms with Gasteiger partial charge in [0.05, 0.1) is 39.8 Å². The maximum absolute atomic E-state index is 14.3. The maximum atomic E-state index is 14.3. The summed E-state index contributed by atoms with van der Waals surface area (Å²) in [4.78, 5) is 43.6. The average molecular weight is 956 g/mol. The molecule has 3 aromatic carbocycles. The van der Waals surface area contributed by atoms with E-state index in [1.165, 1.54) is 28.8 Å². The Balaban J connectivity index is 0.00000548. The van der Waals surface area contributed by atoms with Crippen LogP contribution in [0.1, 0.15) is 49.0 Å². The summed E-state index contributed by atoms with van der Waals surface area (Å²) in [7, 11) is -4.56. The Morgan fingerprint density at radius 1 is 0.955 bits per heavy atom. The molecule has 0 bridgehead atoms. The van der Waals surface area contributed by atoms with Crippen LogP contribution in [0.4, 0.5) is 17.1 Å². The van der Waals surface area contributed by atoms with Crippen molar-refractivity contribution in [2.45, 2.75) is 44.0 Å². The smallest absolute Gasteiger partial charge is 0.293 e. The Hall–Kier alpha value is -5.56. The van der Waals surface area contributed by atoms with Crippen LogP contribution in [0.2, 0.25) is 5.02 Å². The number of pyridine rings is 1. The lowest BCUT2D eigenvalue weighted by Gasteiger charge is -2.47. The van der Waals surface area contributed by atoms with E-state index in [-0.39, 0.29) is 40.0 Å². The van der Waals surface area contributed by atoms with Crippen LogP contribution >= 0.6 is 24.0 Å². The fraction of sp³-hybridized carbons (Fsp3) is 0.383. The Morgan fingerprint density at radius 3 is 2.45 bits per heavy atom. The van der Waals surface area contributed by atoms with E-state index in [4.69, 9.17) is 21.3 Å². The van der Waals surface area contributed by atoms with Crippen molar-refractivity contribution < 1.29 is 22.9 Å². The Labute approximate surface area is 394 Å². The molecular formula is C47H52Cl2N10O6S. The summed E-state index contributed by atoms with van der Waals surface area (Å²) >= 11 is 6.26. The molecule has 0 spiro atoms. The van der Waals surface area contributed by atoms with Crippen LogP contribution in [0.15, 0.2) is 95.7 Å². The number of hydrogen-bond donors (Lipinski definition) is 2. The first-order chi connectivity index (χ1) is 31.3. The van der Waals surface area contributed by atoms with Gasteiger partial charge in [0.1, 0.15) is 11.2 Å². The van der Waals surface area contributed by atoms with Crippen molar-refractivity contribution in [3.05, 3.63) is 117 Å². The van der Waals surface area contributed by atoms with Crippen molar-refractivity contribution in [2.75, 3.05) is 81.9 Å². The molecule has 2 N–H and O–H groups in total. The van der Waals surface area contributed by atoms with Crippen LogP contribution in [0.25, 0.3) is 33.3 Å². The number of nitro benzene ring substituents is 1. The minimum atomic E-state index is -4.56. The van der Waals surface area contributed by atoms with E-state index in [0.717, 1.165) is 87.2 Å². The lowest BCUT2D eigenvalue weighted by atomic mass is 9.72. The van der Waals surface area contributed by atoms with Gasteiger partial charge >= 0.3 is 0 Å². The number of nitrogens with one attached hydrogen (secondary N) is 2. The first kappa shape index (κ1) is 45.6. The second kappa shape index (κ2) is 18.3. The van der Waals surface area contributed by atoms with Crippen LogP contribution in [0.3, 0.4) is 0 Å². The normalized spacial score (nSPS) is 18.7. The highest BCUT2D eigenvalue weighted by Gasteiger charge is 2.37. The molecule has 0 radical (unpaired) electrons. The maximum Gasteiger partial charge on any atom is 0.293 e. The predicted molar refractivity (Wildman–Crippen MR) is 259 cm³/mol. The molecule has 0 saturated carbocycles. The zero-order valence-corrected chi connectivity index (χ0v) is 39.2. The topological polar surface area (TPSA) is 175 Å². The first-order valence-corrected chi connectivity index (χ1v) is 24.0. The zero-order valence-electron chi connectivity index (χ0n) is 36.8. The molecule has 1 amide bonds. The van der Waals surface area contributed by atoms with Gasteiger partial charge in [-0.05, 0) is 90.4 Å². The second-order valence-electron chi connectivity index (χ2n) is 18.3. The molecule has 4 aliphatic rings. The standard InChI is InChI=1S/C47H51ClN10O6S.ClH/c1-47(2)13-11-33(39(26-47)31-3-5-34(48)6-4-31)28-53-15-17-54(18-16-53)35-7-9-38(42(24-35)57-43-23-32-12-14-49-45(32)51-40(43)27-50-57)46(59)52-65(62,63)37-8-10-41(44(25-37)58(60)61)56-29-36(30-56)55-19-21-64-22-20-55;/h3-10,12,14,23-25,27,36,50H,11,13,15-22,26,28-30H2,1-2H3,(H,52,59);1H. The van der Waals surface area contributed by atoms with Crippen molar-refractivity contribution in [1.29, 1.82) is 0 Å². The van der Waals surface area contributed by atoms with Crippen LogP contribution < -0.4 is 14.5 Å². The van der Waals surface area contributed by atoms with Gasteiger partial charge in [-0.25, -0.2) is 23.1 Å². The van der Waals surface area contributed by atoms with Gasteiger partial charge in [-0.2, -0.15) is 0 Å². The van der Waals surface area contributed by atoms with Crippen molar-refractivity contribution in [3.63, 3.8) is 0 Å². The van der Waals surface area contributed by atoms with E-state index in [1.807, 2.05) is 41.3 Å². The predicted octanol–water partition coefficient (Wildman–Crippen LogP) is 7.31. The molecule has 1 aliphatic carbocycles. The van der Waals surface area contributed by atoms with E-state index in [0.29, 0.717) is 54.4 Å². The fourth-order valence-electron chi connectivity index (χ4n) is 9.75. The number of benzene rings is 3. The van der Waals surface area contributed by atoms with Crippen molar-refractivity contribution in [2.24, 2.45) is 5.41 Å². The number of sulfonamides is 1. The van der Waals surface area contributed by atoms with Crippen molar-refractivity contribution in [1.82, 2.24) is 34.3 Å². The molecule has 0 atom stereocenters. The van der Waals surface area contributed by atoms with Gasteiger partial charge in [-0.3, -0.25) is 34.5 Å². The average Bonchev–Trinajstić information content (AvgIpc) is 3.92. The fourth-order valence-corrected chi connectivity index (χ4v) is 10.9. The summed E-state index contributed by atoms with van der Waals surface area (Å²) in [5.41, 5.74) is 7.55. The lowest BCUT2D eigenvalue weighted by Crippen LogP contribution is -2.61. The summed E-state index contributed by atoms with van der Waals surface area (Å²) in [6.45, 7) is 12.8. The molecule has 66 heavy (non-hydrogen) atoms. The van der Waals surface area contributed by atoms with E-state index in [9.17, 15) is 23.3 Å². The number of aromatic nitrogens is 4. The number of amides is 1. The van der Waals surface area contributed by atoms with Gasteiger partial charge in [0.15, 0.2) is 5.65 Å². The van der Waals surface area contributed by atoms with E-state index in [2.05, 4.69) is 55.5 Å². The van der Waals surface area contributed by atoms with Gasteiger partial charge < -0.3 is 14.5 Å². The minimum Gasteiger partial charge on any atom is -0.379 e. The molecule has 19 heteroatoms. The number of anilines is 2. The van der Waals surface area contributed by atoms with E-state index < -0.39 is 20.9 Å². The number of piperazine rings is 1. The summed E-state index contributed by atoms with van der Waals surface area (Å²) in [6.07, 6.45) is 6.60. The first-order valence-electron chi connectivity index (χ1n) is 22.1. The van der Waals surface area contributed by atoms with E-state index in [1.54, 1.807) is 23.1 Å². The zero-order chi connectivity index (χ0) is 45.0. The minimum absolute atomic E-state index is 0. The SMILES string of the molecule is CC1(C)CCC(CN2CCN(c3ccc(C(=O)NS(=O)(=O)c4ccc(N5CC(N6CCOCC6)C5)c([N+](=O)[O-])c4)c(-n4[nH]cc5nc6nccc6cc54)c3)CC2)=C(c2ccc(Cl)cc2)C1.Cl. The molecule has 3 fully saturated rings. The summed E-state index contributed by atoms with van der Waals surface area (Å²) in [5.74, 6) is -0.890. The summed E-state index contributed by atoms with van der Waals surface area (Å²) < 4.78 is 37.3. The van der Waals surface area contributed by atoms with Crippen LogP contribution in [0, 0.1) is 15.5 Å². The molecule has 16 nitrogen and oxygen atoms in total. The number of halogens is 2. The number of carbonyl (C=O) groups excluding carboxylic acids is 1. The number of morpholine rings is 1. The number of nitrogens with zero attached hydrogens (tertiary/aromatic N) is 8. The number of allylic oxidation sites excluding steroid dienone is 1. The van der Waals surface area contributed by atoms with Crippen LogP contribution in [-0.2, 0) is 14.8 Å². The van der Waals surface area contributed by atoms with Crippen LogP contribution in [0.5, 0.6) is 0 Å². The van der Waals surface area contributed by atoms with Gasteiger partial charge in [0.2, 0.25) is 0 Å². The van der Waals surface area contributed by atoms with Crippen molar-refractivity contribution in [3.8, 4) is 5.69 Å². The lowest BCUT2D eigenvalue weighted by molar-refractivity contribution is -0.384. The summed E-state index contributed by atoms with van der Waals surface area (Å²) in [6, 6.07) is 21.4. The number of rotatable bonds is 11. The highest BCUT2D eigenvalue weighted by atomic mass is 35.5. The van der Waals surface area contributed by atoms with Gasteiger partial charge in [0.25, 0.3) is 21.6 Å².